The maximum absolute atomic E-state index is 7.36. The number of rotatable bonds is 2. The molecule has 0 atom stereocenters. The van der Waals surface area contributed by atoms with E-state index in [1.165, 1.54) is 42.2 Å². The van der Waals surface area contributed by atoms with Gasteiger partial charge in [-0.05, 0) is 49.5 Å². The summed E-state index contributed by atoms with van der Waals surface area (Å²) in [6.45, 7) is 0. The lowest BCUT2D eigenvalue weighted by atomic mass is 9.77. The molecule has 3 nitrogen and oxygen atoms in total. The molecule has 1 aromatic rings. The molecule has 1 fully saturated rings. The molecule has 0 amide bonds. The Hall–Kier alpha value is -0.940. The zero-order valence-corrected chi connectivity index (χ0v) is 14.9. The van der Waals surface area contributed by atoms with Crippen molar-refractivity contribution in [3.05, 3.63) is 34.3 Å². The van der Waals surface area contributed by atoms with Crippen LogP contribution in [0.4, 0.5) is 0 Å². The molecule has 1 aromatic carbocycles. The van der Waals surface area contributed by atoms with Crippen molar-refractivity contribution in [2.24, 2.45) is 5.73 Å². The summed E-state index contributed by atoms with van der Waals surface area (Å²) in [5, 5.41) is 7.53. The first-order chi connectivity index (χ1) is 10.6. The van der Waals surface area contributed by atoms with Crippen molar-refractivity contribution in [3.63, 3.8) is 0 Å². The summed E-state index contributed by atoms with van der Waals surface area (Å²) in [5.41, 5.74) is 7.93. The Kier molecular flexibility index (Phi) is 4.83. The predicted molar refractivity (Wildman–Crippen MR) is 97.6 cm³/mol. The van der Waals surface area contributed by atoms with Crippen molar-refractivity contribution in [1.82, 2.24) is 0 Å². The van der Waals surface area contributed by atoms with Gasteiger partial charge in [-0.1, -0.05) is 40.2 Å². The third-order valence-electron chi connectivity index (χ3n) is 4.46. The highest BCUT2D eigenvalue weighted by Crippen LogP contribution is 2.47. The molecule has 3 N–H and O–H groups in total. The molecule has 1 saturated carbocycles. The number of ether oxygens (including phenoxy) is 1. The van der Waals surface area contributed by atoms with E-state index in [2.05, 4.69) is 34.1 Å². The molecule has 0 saturated heterocycles. The minimum Gasteiger partial charge on any atom is -0.486 e. The molecule has 118 valence electrons. The molecular weight excluding hydrogens is 360 g/mol. The second-order valence-electron chi connectivity index (χ2n) is 6.07. The average molecular weight is 381 g/mol. The number of thioether (sulfide) groups is 1. The molecule has 0 unspecified atom stereocenters. The van der Waals surface area contributed by atoms with Gasteiger partial charge in [-0.15, -0.1) is 0 Å². The summed E-state index contributed by atoms with van der Waals surface area (Å²) in [5.74, 6) is 1.74. The van der Waals surface area contributed by atoms with E-state index in [1.807, 2.05) is 6.07 Å². The van der Waals surface area contributed by atoms with Crippen molar-refractivity contribution in [2.45, 2.75) is 44.1 Å². The fourth-order valence-corrected chi connectivity index (χ4v) is 4.27. The molecular formula is C17H21BrN2OS. The van der Waals surface area contributed by atoms with Crippen LogP contribution in [0.25, 0.3) is 5.57 Å². The quantitative estimate of drug-likeness (QED) is 0.563. The van der Waals surface area contributed by atoms with E-state index in [0.717, 1.165) is 35.2 Å². The number of nitrogens with two attached hydrogens (primary N) is 1. The zero-order valence-electron chi connectivity index (χ0n) is 12.5. The second-order valence-corrected chi connectivity index (χ2v) is 8.05. The van der Waals surface area contributed by atoms with Gasteiger partial charge in [0.1, 0.15) is 11.4 Å². The maximum Gasteiger partial charge on any atom is 0.151 e. The van der Waals surface area contributed by atoms with Gasteiger partial charge in [-0.2, -0.15) is 0 Å². The monoisotopic (exact) mass is 380 g/mol. The van der Waals surface area contributed by atoms with Gasteiger partial charge >= 0.3 is 0 Å². The highest BCUT2D eigenvalue weighted by Gasteiger charge is 2.39. The smallest absolute Gasteiger partial charge is 0.151 e. The number of benzene rings is 1. The number of nitrogens with one attached hydrogen (secondary N) is 1. The molecule has 0 radical (unpaired) electrons. The van der Waals surface area contributed by atoms with Crippen LogP contribution in [-0.4, -0.2) is 16.5 Å². The molecule has 3 rings (SSSR count). The van der Waals surface area contributed by atoms with Crippen LogP contribution in [0.5, 0.6) is 5.75 Å². The lowest BCUT2D eigenvalue weighted by Crippen LogP contribution is -2.41. The molecule has 1 spiro atoms. The third-order valence-corrected chi connectivity index (χ3v) is 5.60. The van der Waals surface area contributed by atoms with Gasteiger partial charge < -0.3 is 10.5 Å². The van der Waals surface area contributed by atoms with Gasteiger partial charge in [0.2, 0.25) is 0 Å². The minimum atomic E-state index is -0.0220. The Morgan fingerprint density at radius 2 is 2.14 bits per heavy atom. The maximum atomic E-state index is 7.36. The Morgan fingerprint density at radius 1 is 1.36 bits per heavy atom. The summed E-state index contributed by atoms with van der Waals surface area (Å²) in [7, 11) is 0. The Labute approximate surface area is 144 Å². The predicted octanol–water partition coefficient (Wildman–Crippen LogP) is 4.94. The van der Waals surface area contributed by atoms with Gasteiger partial charge in [0, 0.05) is 22.2 Å². The van der Waals surface area contributed by atoms with Crippen molar-refractivity contribution in [3.8, 4) is 5.75 Å². The van der Waals surface area contributed by atoms with Crippen LogP contribution in [0.3, 0.4) is 0 Å². The number of hydrogen-bond donors (Lipinski definition) is 2. The number of fused-ring (bicyclic) bond motifs is 1. The van der Waals surface area contributed by atoms with Gasteiger partial charge in [-0.25, -0.2) is 0 Å². The summed E-state index contributed by atoms with van der Waals surface area (Å²) in [6, 6.07) is 6.25. The normalized spacial score (nSPS) is 21.4. The molecule has 0 aromatic heterocycles. The molecule has 5 heteroatoms. The van der Waals surface area contributed by atoms with Crippen LogP contribution in [0, 0.1) is 5.41 Å². The fraction of sp³-hybridized carbons (Fsp3) is 0.471. The van der Waals surface area contributed by atoms with Crippen LogP contribution in [0.2, 0.25) is 0 Å². The van der Waals surface area contributed by atoms with E-state index < -0.39 is 0 Å². The van der Waals surface area contributed by atoms with Crippen LogP contribution in [-0.2, 0) is 0 Å². The Balaban J connectivity index is 1.92. The Bertz CT molecular complexity index is 609. The number of amidine groups is 1. The first-order valence-corrected chi connectivity index (χ1v) is 9.51. The van der Waals surface area contributed by atoms with E-state index in [-0.39, 0.29) is 10.8 Å². The van der Waals surface area contributed by atoms with E-state index >= 15 is 0 Å². The van der Waals surface area contributed by atoms with Crippen LogP contribution in [0.15, 0.2) is 28.7 Å². The number of hydrogen-bond acceptors (Lipinski definition) is 3. The summed E-state index contributed by atoms with van der Waals surface area (Å²) < 4.78 is 7.51. The molecule has 0 bridgehead atoms. The summed E-state index contributed by atoms with van der Waals surface area (Å²) in [6.07, 6.45) is 9.28. The first kappa shape index (κ1) is 15.9. The fourth-order valence-electron chi connectivity index (χ4n) is 3.44. The van der Waals surface area contributed by atoms with E-state index in [9.17, 15) is 0 Å². The van der Waals surface area contributed by atoms with Crippen molar-refractivity contribution in [1.29, 1.82) is 5.41 Å². The Morgan fingerprint density at radius 3 is 2.86 bits per heavy atom. The van der Waals surface area contributed by atoms with Gasteiger partial charge in [0.05, 0.1) is 0 Å². The molecule has 22 heavy (non-hydrogen) atoms. The molecule has 1 aliphatic heterocycles. The van der Waals surface area contributed by atoms with Crippen molar-refractivity contribution in [2.75, 3.05) is 5.75 Å². The standard InChI is InChI=1S/C17H21BrN2OS/c18-13-4-5-15-14(10-13)12(6-9-22-16(19)20)11-17(21-15)7-2-1-3-8-17/h4-6,10H,1-3,7-9,11H2,(H3,19,20). The molecule has 2 aliphatic rings. The summed E-state index contributed by atoms with van der Waals surface area (Å²) in [4.78, 5) is 0. The van der Waals surface area contributed by atoms with Crippen LogP contribution >= 0.6 is 27.7 Å². The average Bonchev–Trinajstić information content (AvgIpc) is 2.48. The first-order valence-electron chi connectivity index (χ1n) is 7.73. The highest BCUT2D eigenvalue weighted by atomic mass is 79.9. The number of halogens is 1. The molecule has 1 aliphatic carbocycles. The van der Waals surface area contributed by atoms with Crippen LogP contribution < -0.4 is 10.5 Å². The second kappa shape index (κ2) is 6.67. The third kappa shape index (κ3) is 3.51. The minimum absolute atomic E-state index is 0.0220. The van der Waals surface area contributed by atoms with Crippen LogP contribution in [0.1, 0.15) is 44.1 Å². The van der Waals surface area contributed by atoms with E-state index in [0.29, 0.717) is 0 Å². The SMILES string of the molecule is N=C(N)SCC=C1CC2(CCCCC2)Oc2ccc(Br)cc21. The van der Waals surface area contributed by atoms with E-state index in [4.69, 9.17) is 15.9 Å². The van der Waals surface area contributed by atoms with Gasteiger partial charge in [-0.3, -0.25) is 5.41 Å². The lowest BCUT2D eigenvalue weighted by Gasteiger charge is -2.42. The zero-order chi connectivity index (χ0) is 15.6. The van der Waals surface area contributed by atoms with Gasteiger partial charge in [0.25, 0.3) is 0 Å². The highest BCUT2D eigenvalue weighted by molar-refractivity contribution is 9.10. The van der Waals surface area contributed by atoms with Gasteiger partial charge in [0.15, 0.2) is 5.17 Å². The topological polar surface area (TPSA) is 59.1 Å². The van der Waals surface area contributed by atoms with E-state index in [1.54, 1.807) is 0 Å². The van der Waals surface area contributed by atoms with Crippen molar-refractivity contribution >= 4 is 38.4 Å². The summed E-state index contributed by atoms with van der Waals surface area (Å²) >= 11 is 4.93. The lowest BCUT2D eigenvalue weighted by molar-refractivity contribution is 0.0291. The molecule has 1 heterocycles. The van der Waals surface area contributed by atoms with Crippen molar-refractivity contribution < 1.29 is 4.74 Å². The largest absolute Gasteiger partial charge is 0.486 e.